The Kier molecular flexibility index (Phi) is 6.26. The van der Waals surface area contributed by atoms with Gasteiger partial charge in [0.2, 0.25) is 0 Å². The molecule has 0 saturated heterocycles. The maximum absolute atomic E-state index is 2.57. The van der Waals surface area contributed by atoms with Gasteiger partial charge in [0.25, 0.3) is 6.71 Å². The molecule has 0 N–H and O–H groups in total. The van der Waals surface area contributed by atoms with Crippen LogP contribution >= 0.6 is 0 Å². The molecule has 3 aliphatic rings. The second-order valence-corrected chi connectivity index (χ2v) is 13.7. The molecule has 5 aromatic carbocycles. The molecule has 1 saturated carbocycles. The Balaban J connectivity index is 1.48. The molecule has 1 fully saturated rings. The molecule has 0 aromatic heterocycles. The van der Waals surface area contributed by atoms with Gasteiger partial charge in [0.1, 0.15) is 0 Å². The number of anilines is 6. The second kappa shape index (κ2) is 10.2. The van der Waals surface area contributed by atoms with Crippen molar-refractivity contribution in [3.05, 3.63) is 126 Å². The molecule has 0 radical (unpaired) electrons. The van der Waals surface area contributed by atoms with E-state index >= 15 is 0 Å². The first kappa shape index (κ1) is 26.4. The highest BCUT2D eigenvalue weighted by molar-refractivity contribution is 7.00. The van der Waals surface area contributed by atoms with E-state index in [4.69, 9.17) is 0 Å². The van der Waals surface area contributed by atoms with Crippen molar-refractivity contribution in [3.63, 3.8) is 0 Å². The molecule has 0 atom stereocenters. The minimum Gasteiger partial charge on any atom is -0.311 e. The highest BCUT2D eigenvalue weighted by Gasteiger charge is 2.44. The van der Waals surface area contributed by atoms with E-state index in [0.717, 1.165) is 0 Å². The fourth-order valence-electron chi connectivity index (χ4n) is 7.81. The lowest BCUT2D eigenvalue weighted by Crippen LogP contribution is -2.61. The van der Waals surface area contributed by atoms with Gasteiger partial charge in [-0.3, -0.25) is 0 Å². The van der Waals surface area contributed by atoms with Crippen molar-refractivity contribution in [1.82, 2.24) is 0 Å². The van der Waals surface area contributed by atoms with Crippen LogP contribution in [0.1, 0.15) is 69.9 Å². The first-order chi connectivity index (χ1) is 21.0. The molecule has 0 unspecified atom stereocenters. The Morgan fingerprint density at radius 1 is 0.558 bits per heavy atom. The predicted octanol–water partition coefficient (Wildman–Crippen LogP) is 9.11. The van der Waals surface area contributed by atoms with Crippen LogP contribution in [0.2, 0.25) is 0 Å². The first-order valence-electron chi connectivity index (χ1n) is 16.1. The van der Waals surface area contributed by atoms with E-state index in [1.165, 1.54) is 93.7 Å². The van der Waals surface area contributed by atoms with E-state index in [1.807, 2.05) is 0 Å². The number of fused-ring (bicyclic) bond motifs is 4. The molecular weight excluding hydrogens is 519 g/mol. The lowest BCUT2D eigenvalue weighted by atomic mass is 9.33. The van der Waals surface area contributed by atoms with Crippen LogP contribution in [0.15, 0.2) is 115 Å². The van der Waals surface area contributed by atoms with Gasteiger partial charge in [-0.2, -0.15) is 0 Å². The molecule has 2 nitrogen and oxygen atoms in total. The standard InChI is InChI=1S/C40H39BN2/c1-40(2,3)30-23-24-34-36(27-30)43(32-19-11-6-12-20-32)38-26-29(28-15-7-4-8-16-28)25-37-39(38)41(34)33-21-13-14-22-35(33)42(37)31-17-9-5-10-18-31/h5-6,9-14,17-28H,4,7-8,15-16H2,1-3H3. The van der Waals surface area contributed by atoms with Crippen LogP contribution in [0.3, 0.4) is 0 Å². The molecular formula is C40H39BN2. The Labute approximate surface area is 257 Å². The van der Waals surface area contributed by atoms with Crippen molar-refractivity contribution in [2.24, 2.45) is 0 Å². The summed E-state index contributed by atoms with van der Waals surface area (Å²) in [6, 6.07) is 43.5. The third kappa shape index (κ3) is 4.32. The molecule has 0 amide bonds. The Morgan fingerprint density at radius 3 is 1.74 bits per heavy atom. The topological polar surface area (TPSA) is 6.48 Å². The average molecular weight is 559 g/mol. The van der Waals surface area contributed by atoms with Gasteiger partial charge in [0.05, 0.1) is 0 Å². The molecule has 43 heavy (non-hydrogen) atoms. The molecule has 3 heteroatoms. The lowest BCUT2D eigenvalue weighted by Gasteiger charge is -2.45. The smallest absolute Gasteiger partial charge is 0.252 e. The number of hydrogen-bond acceptors (Lipinski definition) is 2. The predicted molar refractivity (Wildman–Crippen MR) is 185 cm³/mol. The van der Waals surface area contributed by atoms with Crippen LogP contribution in [0.5, 0.6) is 0 Å². The van der Waals surface area contributed by atoms with Crippen LogP contribution in [-0.2, 0) is 5.41 Å². The summed E-state index contributed by atoms with van der Waals surface area (Å²) in [7, 11) is 0. The fourth-order valence-corrected chi connectivity index (χ4v) is 7.81. The van der Waals surface area contributed by atoms with E-state index in [-0.39, 0.29) is 12.1 Å². The summed E-state index contributed by atoms with van der Waals surface area (Å²) < 4.78 is 0. The van der Waals surface area contributed by atoms with Crippen LogP contribution in [-0.4, -0.2) is 6.71 Å². The highest BCUT2D eigenvalue weighted by Crippen LogP contribution is 2.47. The number of hydrogen-bond donors (Lipinski definition) is 0. The maximum atomic E-state index is 2.57. The summed E-state index contributed by atoms with van der Waals surface area (Å²) in [5.74, 6) is 0.600. The zero-order valence-corrected chi connectivity index (χ0v) is 25.6. The van der Waals surface area contributed by atoms with Gasteiger partial charge < -0.3 is 9.80 Å². The van der Waals surface area contributed by atoms with Gasteiger partial charge in [0, 0.05) is 34.1 Å². The molecule has 0 bridgehead atoms. The van der Waals surface area contributed by atoms with E-state index in [0.29, 0.717) is 5.92 Å². The minimum absolute atomic E-state index is 0.0569. The van der Waals surface area contributed by atoms with Crippen molar-refractivity contribution >= 4 is 57.2 Å². The maximum Gasteiger partial charge on any atom is 0.252 e. The van der Waals surface area contributed by atoms with E-state index in [2.05, 4.69) is 146 Å². The summed E-state index contributed by atoms with van der Waals surface area (Å²) in [5, 5.41) is 0. The number of benzene rings is 5. The highest BCUT2D eigenvalue weighted by atomic mass is 15.2. The quantitative estimate of drug-likeness (QED) is 0.200. The number of rotatable bonds is 3. The van der Waals surface area contributed by atoms with Crippen molar-refractivity contribution in [3.8, 4) is 0 Å². The zero-order valence-electron chi connectivity index (χ0n) is 25.6. The molecule has 2 heterocycles. The van der Waals surface area contributed by atoms with Crippen LogP contribution < -0.4 is 26.2 Å². The van der Waals surface area contributed by atoms with Gasteiger partial charge in [-0.05, 0) is 100 Å². The Bertz CT molecular complexity index is 1800. The number of para-hydroxylation sites is 3. The fraction of sp³-hybridized carbons (Fsp3) is 0.250. The Hall–Kier alpha value is -4.24. The van der Waals surface area contributed by atoms with E-state index < -0.39 is 0 Å². The molecule has 2 aliphatic heterocycles. The van der Waals surface area contributed by atoms with E-state index in [9.17, 15) is 0 Å². The second-order valence-electron chi connectivity index (χ2n) is 13.7. The first-order valence-corrected chi connectivity index (χ1v) is 16.1. The van der Waals surface area contributed by atoms with Crippen LogP contribution in [0.25, 0.3) is 0 Å². The van der Waals surface area contributed by atoms with Crippen molar-refractivity contribution < 1.29 is 0 Å². The van der Waals surface area contributed by atoms with Crippen molar-refractivity contribution in [1.29, 1.82) is 0 Å². The summed E-state index contributed by atoms with van der Waals surface area (Å²) in [6.07, 6.45) is 6.56. The van der Waals surface area contributed by atoms with Gasteiger partial charge in [-0.15, -0.1) is 0 Å². The molecule has 212 valence electrons. The van der Waals surface area contributed by atoms with Gasteiger partial charge in [0.15, 0.2) is 0 Å². The minimum atomic E-state index is 0.0569. The summed E-state index contributed by atoms with van der Waals surface area (Å²) in [5.41, 5.74) is 14.8. The average Bonchev–Trinajstić information content (AvgIpc) is 3.05. The molecule has 8 rings (SSSR count). The van der Waals surface area contributed by atoms with Crippen molar-refractivity contribution in [2.45, 2.75) is 64.2 Å². The SMILES string of the molecule is CC(C)(C)c1ccc2c(c1)N(c1ccccc1)c1cc(C3CCCCC3)cc3c1B2c1ccccc1N3c1ccccc1. The normalized spacial score (nSPS) is 16.0. The largest absolute Gasteiger partial charge is 0.311 e. The molecule has 0 spiro atoms. The summed E-state index contributed by atoms with van der Waals surface area (Å²) in [4.78, 5) is 5.11. The van der Waals surface area contributed by atoms with Gasteiger partial charge in [-0.25, -0.2) is 0 Å². The molecule has 5 aromatic rings. The van der Waals surface area contributed by atoms with E-state index in [1.54, 1.807) is 0 Å². The van der Waals surface area contributed by atoms with Crippen LogP contribution in [0, 0.1) is 0 Å². The molecule has 1 aliphatic carbocycles. The third-order valence-electron chi connectivity index (χ3n) is 9.97. The zero-order chi connectivity index (χ0) is 29.1. The van der Waals surface area contributed by atoms with Crippen molar-refractivity contribution in [2.75, 3.05) is 9.80 Å². The van der Waals surface area contributed by atoms with Crippen LogP contribution in [0.4, 0.5) is 34.1 Å². The van der Waals surface area contributed by atoms with Gasteiger partial charge in [-0.1, -0.05) is 107 Å². The summed E-state index contributed by atoms with van der Waals surface area (Å²) >= 11 is 0. The monoisotopic (exact) mass is 558 g/mol. The van der Waals surface area contributed by atoms with Gasteiger partial charge >= 0.3 is 0 Å². The lowest BCUT2D eigenvalue weighted by molar-refractivity contribution is 0.444. The number of nitrogens with zero attached hydrogens (tertiary/aromatic N) is 2. The third-order valence-corrected chi connectivity index (χ3v) is 9.97. The summed E-state index contributed by atoms with van der Waals surface area (Å²) in [6.45, 7) is 7.15. The Morgan fingerprint density at radius 2 is 1.12 bits per heavy atom.